The number of sulfone groups is 1. The first-order chi connectivity index (χ1) is 16.7. The number of nitrogens with zero attached hydrogens (tertiary/aromatic N) is 1. The van der Waals surface area contributed by atoms with Crippen LogP contribution in [0.2, 0.25) is 4.34 Å². The van der Waals surface area contributed by atoms with Crippen LogP contribution in [0.3, 0.4) is 0 Å². The normalized spacial score (nSPS) is 14.5. The Bertz CT molecular complexity index is 1330. The molecule has 1 aliphatic heterocycles. The van der Waals surface area contributed by atoms with Gasteiger partial charge in [-0.3, -0.25) is 9.59 Å². The zero-order valence-corrected chi connectivity index (χ0v) is 21.5. The third-order valence-electron chi connectivity index (χ3n) is 5.98. The van der Waals surface area contributed by atoms with Crippen molar-refractivity contribution in [2.75, 3.05) is 29.6 Å². The summed E-state index contributed by atoms with van der Waals surface area (Å²) in [6, 6.07) is 17.7. The Balaban J connectivity index is 1.36. The number of carbonyl (C=O) groups excluding carboxylic acids is 2. The second-order valence-corrected chi connectivity index (χ2v) is 12.1. The number of amides is 2. The van der Waals surface area contributed by atoms with Gasteiger partial charge < -0.3 is 15.5 Å². The van der Waals surface area contributed by atoms with Crippen molar-refractivity contribution in [2.45, 2.75) is 24.3 Å². The highest BCUT2D eigenvalue weighted by molar-refractivity contribution is 7.90. The number of halogens is 1. The number of benzene rings is 2. The van der Waals surface area contributed by atoms with Gasteiger partial charge in [0.2, 0.25) is 5.91 Å². The smallest absolute Gasteiger partial charge is 0.261 e. The van der Waals surface area contributed by atoms with Crippen molar-refractivity contribution < 1.29 is 18.0 Å². The van der Waals surface area contributed by atoms with Gasteiger partial charge in [-0.1, -0.05) is 41.9 Å². The van der Waals surface area contributed by atoms with Gasteiger partial charge in [-0.15, -0.1) is 11.3 Å². The summed E-state index contributed by atoms with van der Waals surface area (Å²) in [5.74, 6) is -0.484. The Morgan fingerprint density at radius 3 is 2.40 bits per heavy atom. The number of thiophene rings is 1. The van der Waals surface area contributed by atoms with Crippen LogP contribution in [0.1, 0.15) is 28.1 Å². The number of para-hydroxylation sites is 2. The van der Waals surface area contributed by atoms with Crippen LogP contribution in [0.4, 0.5) is 11.4 Å². The van der Waals surface area contributed by atoms with Crippen molar-refractivity contribution in [3.8, 4) is 0 Å². The molecule has 2 aromatic carbocycles. The zero-order valence-electron chi connectivity index (χ0n) is 19.2. The number of nitrogens with one attached hydrogen (secondary N) is 2. The van der Waals surface area contributed by atoms with Crippen LogP contribution in [0, 0.1) is 5.92 Å². The van der Waals surface area contributed by atoms with Crippen molar-refractivity contribution in [1.29, 1.82) is 0 Å². The second kappa shape index (κ2) is 10.8. The number of anilines is 2. The maximum absolute atomic E-state index is 13.0. The van der Waals surface area contributed by atoms with E-state index in [0.717, 1.165) is 5.56 Å². The molecule has 1 aromatic heterocycles. The van der Waals surface area contributed by atoms with Crippen molar-refractivity contribution in [3.05, 3.63) is 75.4 Å². The molecular weight excluding hydrogens is 506 g/mol. The quantitative estimate of drug-likeness (QED) is 0.465. The summed E-state index contributed by atoms with van der Waals surface area (Å²) in [5, 5.41) is 5.88. The molecule has 1 fully saturated rings. The van der Waals surface area contributed by atoms with Crippen LogP contribution in [0.15, 0.2) is 65.6 Å². The summed E-state index contributed by atoms with van der Waals surface area (Å²) in [7, 11) is -3.34. The molecule has 0 bridgehead atoms. The molecule has 4 rings (SSSR count). The van der Waals surface area contributed by atoms with E-state index in [2.05, 4.69) is 10.6 Å². The van der Waals surface area contributed by atoms with E-state index >= 15 is 0 Å². The van der Waals surface area contributed by atoms with Crippen molar-refractivity contribution in [3.63, 3.8) is 0 Å². The highest BCUT2D eigenvalue weighted by Gasteiger charge is 2.27. The standard InChI is InChI=1S/C25H26ClN3O4S2/c1-35(32,33)22-9-5-4-8-20(22)29-14-12-17(13-15-29)24(30)28-19-7-3-2-6-18(19)16-27-25(31)21-10-11-23(26)34-21/h2-11,17H,12-16H2,1H3,(H,27,31)(H,28,30). The maximum Gasteiger partial charge on any atom is 0.261 e. The van der Waals surface area contributed by atoms with E-state index < -0.39 is 9.84 Å². The first-order valence-electron chi connectivity index (χ1n) is 11.2. The SMILES string of the molecule is CS(=O)(=O)c1ccccc1N1CCC(C(=O)Nc2ccccc2CNC(=O)c2ccc(Cl)s2)CC1. The summed E-state index contributed by atoms with van der Waals surface area (Å²) in [5.41, 5.74) is 2.14. The molecule has 3 aromatic rings. The molecule has 2 amide bonds. The van der Waals surface area contributed by atoms with Gasteiger partial charge in [0.25, 0.3) is 5.91 Å². The maximum atomic E-state index is 13.0. The lowest BCUT2D eigenvalue weighted by Gasteiger charge is -2.34. The first-order valence-corrected chi connectivity index (χ1v) is 14.3. The topological polar surface area (TPSA) is 95.6 Å². The number of hydrogen-bond acceptors (Lipinski definition) is 6. The van der Waals surface area contributed by atoms with Crippen LogP contribution in [-0.4, -0.2) is 39.6 Å². The van der Waals surface area contributed by atoms with Gasteiger partial charge in [0, 0.05) is 37.5 Å². The van der Waals surface area contributed by atoms with Crippen LogP contribution < -0.4 is 15.5 Å². The summed E-state index contributed by atoms with van der Waals surface area (Å²) in [6.45, 7) is 1.45. The summed E-state index contributed by atoms with van der Waals surface area (Å²) in [4.78, 5) is 28.2. The summed E-state index contributed by atoms with van der Waals surface area (Å²) in [6.07, 6.45) is 2.44. The Labute approximate surface area is 214 Å². The average Bonchev–Trinajstić information content (AvgIpc) is 3.29. The predicted molar refractivity (Wildman–Crippen MR) is 140 cm³/mol. The fourth-order valence-electron chi connectivity index (χ4n) is 4.14. The minimum absolute atomic E-state index is 0.0788. The number of rotatable bonds is 7. The number of piperidine rings is 1. The van der Waals surface area contributed by atoms with E-state index in [-0.39, 0.29) is 24.3 Å². The lowest BCUT2D eigenvalue weighted by Crippen LogP contribution is -2.38. The van der Waals surface area contributed by atoms with Gasteiger partial charge in [0.15, 0.2) is 9.84 Å². The lowest BCUT2D eigenvalue weighted by atomic mass is 9.95. The molecule has 35 heavy (non-hydrogen) atoms. The molecule has 0 atom stereocenters. The largest absolute Gasteiger partial charge is 0.370 e. The molecule has 184 valence electrons. The third kappa shape index (κ3) is 6.22. The first kappa shape index (κ1) is 25.2. The van der Waals surface area contributed by atoms with Crippen LogP contribution in [0.25, 0.3) is 0 Å². The monoisotopic (exact) mass is 531 g/mol. The molecule has 2 heterocycles. The fourth-order valence-corrected chi connectivity index (χ4v) is 6.01. The minimum Gasteiger partial charge on any atom is -0.370 e. The molecule has 1 aliphatic rings. The summed E-state index contributed by atoms with van der Waals surface area (Å²) >= 11 is 7.12. The molecule has 0 radical (unpaired) electrons. The highest BCUT2D eigenvalue weighted by Crippen LogP contribution is 2.30. The molecule has 10 heteroatoms. The van der Waals surface area contributed by atoms with E-state index in [1.54, 1.807) is 24.3 Å². The molecule has 2 N–H and O–H groups in total. The van der Waals surface area contributed by atoms with Crippen LogP contribution in [-0.2, 0) is 21.2 Å². The van der Waals surface area contributed by atoms with E-state index in [4.69, 9.17) is 11.6 Å². The van der Waals surface area contributed by atoms with Crippen molar-refractivity contribution in [1.82, 2.24) is 5.32 Å². The molecule has 1 saturated heterocycles. The van der Waals surface area contributed by atoms with Gasteiger partial charge in [-0.25, -0.2) is 8.42 Å². The molecule has 0 unspecified atom stereocenters. The van der Waals surface area contributed by atoms with Crippen molar-refractivity contribution >= 4 is 56.0 Å². The Hall–Kier alpha value is -2.88. The van der Waals surface area contributed by atoms with Crippen LogP contribution in [0.5, 0.6) is 0 Å². The van der Waals surface area contributed by atoms with Gasteiger partial charge in [0.05, 0.1) is 19.8 Å². The highest BCUT2D eigenvalue weighted by atomic mass is 35.5. The third-order valence-corrected chi connectivity index (χ3v) is 8.36. The molecule has 0 spiro atoms. The van der Waals surface area contributed by atoms with Crippen molar-refractivity contribution in [2.24, 2.45) is 5.92 Å². The van der Waals surface area contributed by atoms with Gasteiger partial charge >= 0.3 is 0 Å². The Morgan fingerprint density at radius 2 is 1.71 bits per heavy atom. The molecule has 0 saturated carbocycles. The Morgan fingerprint density at radius 1 is 1.03 bits per heavy atom. The van der Waals surface area contributed by atoms with E-state index in [1.807, 2.05) is 41.3 Å². The predicted octanol–water partition coefficient (Wildman–Crippen LogP) is 4.59. The van der Waals surface area contributed by atoms with Gasteiger partial charge in [-0.05, 0) is 48.7 Å². The second-order valence-electron chi connectivity index (χ2n) is 8.43. The lowest BCUT2D eigenvalue weighted by molar-refractivity contribution is -0.120. The minimum atomic E-state index is -3.34. The molecule has 7 nitrogen and oxygen atoms in total. The summed E-state index contributed by atoms with van der Waals surface area (Å²) < 4.78 is 24.9. The van der Waals surface area contributed by atoms with Gasteiger partial charge in [-0.2, -0.15) is 0 Å². The van der Waals surface area contributed by atoms with E-state index in [9.17, 15) is 18.0 Å². The van der Waals surface area contributed by atoms with E-state index in [1.165, 1.54) is 17.6 Å². The fraction of sp³-hybridized carbons (Fsp3) is 0.280. The molecule has 0 aliphatic carbocycles. The Kier molecular flexibility index (Phi) is 7.78. The van der Waals surface area contributed by atoms with Crippen LogP contribution >= 0.6 is 22.9 Å². The van der Waals surface area contributed by atoms with E-state index in [0.29, 0.717) is 51.4 Å². The average molecular weight is 532 g/mol. The zero-order chi connectivity index (χ0) is 25.0. The number of carbonyl (C=O) groups is 2. The van der Waals surface area contributed by atoms with Gasteiger partial charge in [0.1, 0.15) is 0 Å². The number of hydrogen-bond donors (Lipinski definition) is 2. The molecular formula is C25H26ClN3O4S2.